The maximum atomic E-state index is 13.1. The van der Waals surface area contributed by atoms with Crippen LogP contribution >= 0.6 is 0 Å². The second kappa shape index (κ2) is 6.46. The number of halogens is 1. The predicted octanol–water partition coefficient (Wildman–Crippen LogP) is 2.28. The maximum absolute atomic E-state index is 13.1. The highest BCUT2D eigenvalue weighted by molar-refractivity contribution is 5.28. The van der Waals surface area contributed by atoms with E-state index in [0.717, 1.165) is 30.5 Å². The van der Waals surface area contributed by atoms with E-state index in [1.165, 1.54) is 12.1 Å². The monoisotopic (exact) mass is 267 g/mol. The summed E-state index contributed by atoms with van der Waals surface area (Å²) in [5.74, 6) is -0.258. The van der Waals surface area contributed by atoms with Gasteiger partial charge in [0.2, 0.25) is 0 Å². The zero-order valence-corrected chi connectivity index (χ0v) is 11.6. The van der Waals surface area contributed by atoms with Crippen molar-refractivity contribution in [3.63, 3.8) is 0 Å². The number of hydrogen-bond acceptors (Lipinski definition) is 3. The fourth-order valence-electron chi connectivity index (χ4n) is 2.85. The molecule has 0 radical (unpaired) electrons. The summed E-state index contributed by atoms with van der Waals surface area (Å²) in [5, 5.41) is 10.3. The molecule has 0 saturated carbocycles. The lowest BCUT2D eigenvalue weighted by Crippen LogP contribution is -2.36. The first-order valence-electron chi connectivity index (χ1n) is 6.79. The van der Waals surface area contributed by atoms with Crippen molar-refractivity contribution in [1.29, 1.82) is 0 Å². The molecule has 1 heterocycles. The van der Waals surface area contributed by atoms with E-state index in [1.807, 2.05) is 6.92 Å². The van der Waals surface area contributed by atoms with E-state index in [9.17, 15) is 9.50 Å². The summed E-state index contributed by atoms with van der Waals surface area (Å²) in [5.41, 5.74) is 1.61. The molecule has 19 heavy (non-hydrogen) atoms. The summed E-state index contributed by atoms with van der Waals surface area (Å²) in [6.45, 7) is 4.11. The lowest BCUT2D eigenvalue weighted by Gasteiger charge is -2.27. The molecule has 1 aliphatic heterocycles. The molecule has 0 aliphatic carbocycles. The van der Waals surface area contributed by atoms with Gasteiger partial charge in [-0.05, 0) is 49.6 Å². The van der Waals surface area contributed by atoms with Gasteiger partial charge in [-0.15, -0.1) is 0 Å². The Morgan fingerprint density at radius 2 is 2.32 bits per heavy atom. The highest BCUT2D eigenvalue weighted by Crippen LogP contribution is 2.24. The molecule has 1 aromatic carbocycles. The zero-order chi connectivity index (χ0) is 13.8. The van der Waals surface area contributed by atoms with E-state index in [1.54, 1.807) is 13.2 Å². The summed E-state index contributed by atoms with van der Waals surface area (Å²) in [6.07, 6.45) is 1.68. The molecular weight excluding hydrogens is 245 g/mol. The van der Waals surface area contributed by atoms with Crippen molar-refractivity contribution in [2.24, 2.45) is 0 Å². The van der Waals surface area contributed by atoms with E-state index in [-0.39, 0.29) is 5.82 Å². The Kier molecular flexibility index (Phi) is 4.91. The van der Waals surface area contributed by atoms with E-state index >= 15 is 0 Å². The molecular formula is C15H22FNO2. The van der Waals surface area contributed by atoms with Gasteiger partial charge in [0.05, 0.1) is 12.7 Å². The molecule has 1 aromatic rings. The summed E-state index contributed by atoms with van der Waals surface area (Å²) in [6, 6.07) is 4.94. The predicted molar refractivity (Wildman–Crippen MR) is 72.6 cm³/mol. The van der Waals surface area contributed by atoms with Crippen molar-refractivity contribution in [3.8, 4) is 0 Å². The number of aliphatic hydroxyl groups is 1. The van der Waals surface area contributed by atoms with Crippen LogP contribution < -0.4 is 0 Å². The number of hydrogen-bond donors (Lipinski definition) is 1. The van der Waals surface area contributed by atoms with Crippen LogP contribution in [0.25, 0.3) is 0 Å². The van der Waals surface area contributed by atoms with Crippen molar-refractivity contribution in [2.75, 3.05) is 26.8 Å². The molecule has 1 N–H and O–H groups in total. The average Bonchev–Trinajstić information content (AvgIpc) is 2.77. The molecule has 0 bridgehead atoms. The molecule has 3 nitrogen and oxygen atoms in total. The van der Waals surface area contributed by atoms with Crippen LogP contribution in [0.2, 0.25) is 0 Å². The molecule has 106 valence electrons. The van der Waals surface area contributed by atoms with Crippen LogP contribution in [0.1, 0.15) is 30.1 Å². The molecule has 2 rings (SSSR count). The molecule has 0 aromatic heterocycles. The Hall–Kier alpha value is -0.970. The maximum Gasteiger partial charge on any atom is 0.123 e. The first-order valence-corrected chi connectivity index (χ1v) is 6.79. The van der Waals surface area contributed by atoms with Crippen molar-refractivity contribution < 1.29 is 14.2 Å². The molecule has 1 saturated heterocycles. The number of β-amino-alcohol motifs (C(OH)–C–C–N with tert-alkyl or cyclic N) is 1. The Morgan fingerprint density at radius 1 is 1.53 bits per heavy atom. The fraction of sp³-hybridized carbons (Fsp3) is 0.600. The van der Waals surface area contributed by atoms with E-state index in [2.05, 4.69) is 4.90 Å². The largest absolute Gasteiger partial charge is 0.387 e. The third-order valence-corrected chi connectivity index (χ3v) is 3.86. The number of aryl methyl sites for hydroxylation is 1. The number of likely N-dealkylation sites (tertiary alicyclic amines) is 1. The van der Waals surface area contributed by atoms with Crippen molar-refractivity contribution in [1.82, 2.24) is 4.90 Å². The summed E-state index contributed by atoms with van der Waals surface area (Å²) >= 11 is 0. The Bertz CT molecular complexity index is 425. The minimum atomic E-state index is -0.571. The van der Waals surface area contributed by atoms with Gasteiger partial charge < -0.3 is 9.84 Å². The smallest absolute Gasteiger partial charge is 0.123 e. The topological polar surface area (TPSA) is 32.7 Å². The van der Waals surface area contributed by atoms with Gasteiger partial charge >= 0.3 is 0 Å². The molecule has 0 amide bonds. The van der Waals surface area contributed by atoms with Crippen LogP contribution in [0.4, 0.5) is 4.39 Å². The Morgan fingerprint density at radius 3 is 3.00 bits per heavy atom. The van der Waals surface area contributed by atoms with Crippen LogP contribution in [0, 0.1) is 12.7 Å². The van der Waals surface area contributed by atoms with Gasteiger partial charge in [0.1, 0.15) is 5.82 Å². The first-order chi connectivity index (χ1) is 9.11. The molecule has 2 unspecified atom stereocenters. The quantitative estimate of drug-likeness (QED) is 0.888. The third kappa shape index (κ3) is 3.53. The number of nitrogens with zero attached hydrogens (tertiary/aromatic N) is 1. The highest BCUT2D eigenvalue weighted by atomic mass is 19.1. The fourth-order valence-corrected chi connectivity index (χ4v) is 2.85. The highest BCUT2D eigenvalue weighted by Gasteiger charge is 2.26. The van der Waals surface area contributed by atoms with Crippen LogP contribution in [-0.4, -0.2) is 42.9 Å². The van der Waals surface area contributed by atoms with Gasteiger partial charge in [-0.1, -0.05) is 6.07 Å². The van der Waals surface area contributed by atoms with E-state index in [4.69, 9.17) is 4.74 Å². The van der Waals surface area contributed by atoms with Crippen LogP contribution in [0.3, 0.4) is 0 Å². The molecule has 4 heteroatoms. The van der Waals surface area contributed by atoms with Gasteiger partial charge in [0.25, 0.3) is 0 Å². The molecule has 2 atom stereocenters. The first kappa shape index (κ1) is 14.4. The standard InChI is InChI=1S/C15H22FNO2/c1-11-8-12(16)5-6-14(11)15(18)9-17-7-3-4-13(17)10-19-2/h5-6,8,13,15,18H,3-4,7,9-10H2,1-2H3. The minimum Gasteiger partial charge on any atom is -0.387 e. The second-order valence-corrected chi connectivity index (χ2v) is 5.26. The molecule has 0 spiro atoms. The summed E-state index contributed by atoms with van der Waals surface area (Å²) in [7, 11) is 1.71. The normalized spacial score (nSPS) is 21.8. The molecule has 1 fully saturated rings. The van der Waals surface area contributed by atoms with Crippen LogP contribution in [0.5, 0.6) is 0 Å². The van der Waals surface area contributed by atoms with E-state index < -0.39 is 6.10 Å². The third-order valence-electron chi connectivity index (χ3n) is 3.86. The average molecular weight is 267 g/mol. The Balaban J connectivity index is 2.02. The zero-order valence-electron chi connectivity index (χ0n) is 11.6. The Labute approximate surface area is 114 Å². The number of aliphatic hydroxyl groups excluding tert-OH is 1. The number of methoxy groups -OCH3 is 1. The SMILES string of the molecule is COCC1CCCN1CC(O)c1ccc(F)cc1C. The summed E-state index contributed by atoms with van der Waals surface area (Å²) in [4.78, 5) is 2.26. The van der Waals surface area contributed by atoms with Crippen molar-refractivity contribution in [3.05, 3.63) is 35.1 Å². The van der Waals surface area contributed by atoms with Crippen molar-refractivity contribution >= 4 is 0 Å². The lowest BCUT2D eigenvalue weighted by molar-refractivity contribution is 0.0700. The van der Waals surface area contributed by atoms with Gasteiger partial charge in [0, 0.05) is 19.7 Å². The van der Waals surface area contributed by atoms with Gasteiger partial charge in [-0.3, -0.25) is 4.90 Å². The molecule has 1 aliphatic rings. The van der Waals surface area contributed by atoms with Gasteiger partial charge in [-0.25, -0.2) is 4.39 Å². The van der Waals surface area contributed by atoms with Crippen LogP contribution in [-0.2, 0) is 4.74 Å². The number of ether oxygens (including phenoxy) is 1. The van der Waals surface area contributed by atoms with E-state index in [0.29, 0.717) is 19.2 Å². The second-order valence-electron chi connectivity index (χ2n) is 5.26. The van der Waals surface area contributed by atoms with Crippen LogP contribution in [0.15, 0.2) is 18.2 Å². The van der Waals surface area contributed by atoms with Gasteiger partial charge in [0.15, 0.2) is 0 Å². The lowest BCUT2D eigenvalue weighted by atomic mass is 10.0. The number of rotatable bonds is 5. The number of benzene rings is 1. The van der Waals surface area contributed by atoms with Crippen molar-refractivity contribution in [2.45, 2.75) is 31.9 Å². The van der Waals surface area contributed by atoms with Gasteiger partial charge in [-0.2, -0.15) is 0 Å². The summed E-state index contributed by atoms with van der Waals surface area (Å²) < 4.78 is 18.3. The minimum absolute atomic E-state index is 0.258.